The van der Waals surface area contributed by atoms with Crippen LogP contribution in [0.3, 0.4) is 0 Å². The maximum Gasteiger partial charge on any atom is 0.221 e. The van der Waals surface area contributed by atoms with E-state index in [1.54, 1.807) is 12.1 Å². The molecule has 0 spiro atoms. The highest BCUT2D eigenvalue weighted by atomic mass is 79.9. The Hall–Kier alpha value is -2.59. The van der Waals surface area contributed by atoms with Crippen LogP contribution in [0.1, 0.15) is 36.0 Å². The zero-order chi connectivity index (χ0) is 19.9. The van der Waals surface area contributed by atoms with Crippen molar-refractivity contribution >= 4 is 21.8 Å². The Kier molecular flexibility index (Phi) is 6.88. The van der Waals surface area contributed by atoms with Gasteiger partial charge < -0.3 is 10.4 Å². The molecule has 28 heavy (non-hydrogen) atoms. The second kappa shape index (κ2) is 9.56. The first-order valence-corrected chi connectivity index (χ1v) is 10.2. The van der Waals surface area contributed by atoms with Crippen molar-refractivity contribution in [3.63, 3.8) is 0 Å². The SMILES string of the molecule is C[C@@H](Cc1ccccc1)NC(=O)C[C@H](c1ccccc1)c1cc(Br)ccc1O. The minimum atomic E-state index is -0.220. The van der Waals surface area contributed by atoms with Crippen molar-refractivity contribution in [2.45, 2.75) is 31.7 Å². The number of phenolic OH excluding ortho intramolecular Hbond substituents is 1. The molecule has 0 saturated carbocycles. The van der Waals surface area contributed by atoms with E-state index in [0.717, 1.165) is 22.0 Å². The number of phenols is 1. The maximum absolute atomic E-state index is 12.8. The first-order chi connectivity index (χ1) is 13.5. The lowest BCUT2D eigenvalue weighted by Gasteiger charge is -2.21. The Morgan fingerprint density at radius 2 is 1.64 bits per heavy atom. The Balaban J connectivity index is 1.76. The summed E-state index contributed by atoms with van der Waals surface area (Å²) >= 11 is 3.47. The number of hydrogen-bond acceptors (Lipinski definition) is 2. The van der Waals surface area contributed by atoms with Gasteiger partial charge in [-0.2, -0.15) is 0 Å². The molecule has 0 bridgehead atoms. The van der Waals surface area contributed by atoms with Crippen LogP contribution in [0.5, 0.6) is 5.75 Å². The normalized spacial score (nSPS) is 12.9. The lowest BCUT2D eigenvalue weighted by molar-refractivity contribution is -0.121. The van der Waals surface area contributed by atoms with Crippen LogP contribution in [-0.4, -0.2) is 17.1 Å². The molecule has 3 aromatic carbocycles. The van der Waals surface area contributed by atoms with Gasteiger partial charge in [-0.1, -0.05) is 76.6 Å². The molecule has 144 valence electrons. The van der Waals surface area contributed by atoms with Crippen molar-refractivity contribution in [2.24, 2.45) is 0 Å². The minimum absolute atomic E-state index is 0.0300. The Morgan fingerprint density at radius 3 is 2.32 bits per heavy atom. The highest BCUT2D eigenvalue weighted by Gasteiger charge is 2.22. The van der Waals surface area contributed by atoms with Gasteiger partial charge in [-0.3, -0.25) is 4.79 Å². The number of rotatable bonds is 7. The van der Waals surface area contributed by atoms with Gasteiger partial charge in [0.1, 0.15) is 5.75 Å². The Morgan fingerprint density at radius 1 is 1.00 bits per heavy atom. The number of amides is 1. The van der Waals surface area contributed by atoms with E-state index in [-0.39, 0.29) is 30.0 Å². The molecule has 0 aliphatic carbocycles. The van der Waals surface area contributed by atoms with E-state index in [1.165, 1.54) is 5.56 Å². The molecule has 3 aromatic rings. The smallest absolute Gasteiger partial charge is 0.221 e. The Bertz CT molecular complexity index is 912. The number of carbonyl (C=O) groups excluding carboxylic acids is 1. The number of carbonyl (C=O) groups is 1. The largest absolute Gasteiger partial charge is 0.508 e. The van der Waals surface area contributed by atoms with Gasteiger partial charge in [-0.05, 0) is 42.7 Å². The van der Waals surface area contributed by atoms with Crippen LogP contribution in [0.2, 0.25) is 0 Å². The van der Waals surface area contributed by atoms with Gasteiger partial charge in [0.2, 0.25) is 5.91 Å². The third kappa shape index (κ3) is 5.46. The molecule has 2 atom stereocenters. The molecule has 0 fully saturated rings. The van der Waals surface area contributed by atoms with Gasteiger partial charge in [-0.15, -0.1) is 0 Å². The third-order valence-corrected chi connectivity index (χ3v) is 5.24. The van der Waals surface area contributed by atoms with Crippen molar-refractivity contribution in [3.05, 3.63) is 100 Å². The molecule has 0 aliphatic heterocycles. The van der Waals surface area contributed by atoms with Crippen LogP contribution >= 0.6 is 15.9 Å². The molecule has 2 N–H and O–H groups in total. The fourth-order valence-corrected chi connectivity index (χ4v) is 3.81. The number of hydrogen-bond donors (Lipinski definition) is 2. The van der Waals surface area contributed by atoms with Gasteiger partial charge in [0.15, 0.2) is 0 Å². The summed E-state index contributed by atoms with van der Waals surface area (Å²) in [5.74, 6) is -0.0542. The molecule has 0 saturated heterocycles. The average molecular weight is 438 g/mol. The third-order valence-electron chi connectivity index (χ3n) is 4.75. The number of halogens is 1. The number of nitrogens with one attached hydrogen (secondary N) is 1. The Labute approximate surface area is 174 Å². The van der Waals surface area contributed by atoms with Gasteiger partial charge >= 0.3 is 0 Å². The van der Waals surface area contributed by atoms with E-state index in [4.69, 9.17) is 0 Å². The second-order valence-electron chi connectivity index (χ2n) is 7.03. The van der Waals surface area contributed by atoms with E-state index in [1.807, 2.05) is 61.5 Å². The lowest BCUT2D eigenvalue weighted by atomic mass is 9.87. The van der Waals surface area contributed by atoms with Crippen LogP contribution in [0.25, 0.3) is 0 Å². The molecule has 0 heterocycles. The van der Waals surface area contributed by atoms with Crippen molar-refractivity contribution in [2.75, 3.05) is 0 Å². The first kappa shape index (κ1) is 20.2. The summed E-state index contributed by atoms with van der Waals surface area (Å²) in [5, 5.41) is 13.5. The summed E-state index contributed by atoms with van der Waals surface area (Å²) in [5.41, 5.74) is 2.94. The van der Waals surface area contributed by atoms with Crippen LogP contribution in [-0.2, 0) is 11.2 Å². The topological polar surface area (TPSA) is 49.3 Å². The number of aromatic hydroxyl groups is 1. The first-order valence-electron chi connectivity index (χ1n) is 9.39. The maximum atomic E-state index is 12.8. The zero-order valence-corrected chi connectivity index (χ0v) is 17.4. The van der Waals surface area contributed by atoms with Crippen LogP contribution in [0, 0.1) is 0 Å². The van der Waals surface area contributed by atoms with Crippen LogP contribution < -0.4 is 5.32 Å². The second-order valence-corrected chi connectivity index (χ2v) is 7.94. The molecule has 1 amide bonds. The summed E-state index contributed by atoms with van der Waals surface area (Å²) in [7, 11) is 0. The molecule has 0 radical (unpaired) electrons. The minimum Gasteiger partial charge on any atom is -0.508 e. The van der Waals surface area contributed by atoms with E-state index >= 15 is 0 Å². The summed E-state index contributed by atoms with van der Waals surface area (Å²) in [6, 6.07) is 25.3. The molecule has 0 aliphatic rings. The lowest BCUT2D eigenvalue weighted by Crippen LogP contribution is -2.35. The van der Waals surface area contributed by atoms with E-state index in [9.17, 15) is 9.90 Å². The van der Waals surface area contributed by atoms with Gasteiger partial charge in [0.05, 0.1) is 0 Å². The predicted molar refractivity (Wildman–Crippen MR) is 116 cm³/mol. The summed E-state index contributed by atoms with van der Waals surface area (Å²) in [6.45, 7) is 2.01. The molecular weight excluding hydrogens is 414 g/mol. The van der Waals surface area contributed by atoms with Crippen molar-refractivity contribution in [1.82, 2.24) is 5.32 Å². The molecule has 3 nitrogen and oxygen atoms in total. The van der Waals surface area contributed by atoms with Gasteiger partial charge in [-0.25, -0.2) is 0 Å². The molecule has 0 unspecified atom stereocenters. The number of benzene rings is 3. The molecule has 0 aromatic heterocycles. The molecule has 4 heteroatoms. The highest BCUT2D eigenvalue weighted by molar-refractivity contribution is 9.10. The van der Waals surface area contributed by atoms with Gasteiger partial charge in [0.25, 0.3) is 0 Å². The van der Waals surface area contributed by atoms with Crippen LogP contribution in [0.4, 0.5) is 0 Å². The van der Waals surface area contributed by atoms with E-state index < -0.39 is 0 Å². The quantitative estimate of drug-likeness (QED) is 0.517. The summed E-state index contributed by atoms with van der Waals surface area (Å²) in [6.07, 6.45) is 1.05. The van der Waals surface area contributed by atoms with Crippen molar-refractivity contribution in [3.8, 4) is 5.75 Å². The predicted octanol–water partition coefficient (Wildman–Crippen LogP) is 5.42. The summed E-state index contributed by atoms with van der Waals surface area (Å²) in [4.78, 5) is 12.8. The van der Waals surface area contributed by atoms with Gasteiger partial charge in [0, 0.05) is 28.4 Å². The average Bonchev–Trinajstić information content (AvgIpc) is 2.69. The van der Waals surface area contributed by atoms with Crippen molar-refractivity contribution < 1.29 is 9.90 Å². The fourth-order valence-electron chi connectivity index (χ4n) is 3.44. The highest BCUT2D eigenvalue weighted by Crippen LogP contribution is 2.35. The zero-order valence-electron chi connectivity index (χ0n) is 15.8. The molecular formula is C24H24BrNO2. The van der Waals surface area contributed by atoms with E-state index in [0.29, 0.717) is 0 Å². The van der Waals surface area contributed by atoms with Crippen LogP contribution in [0.15, 0.2) is 83.3 Å². The standard InChI is InChI=1S/C24H24BrNO2/c1-17(14-18-8-4-2-5-9-18)26-24(28)16-21(19-10-6-3-7-11-19)22-15-20(25)12-13-23(22)27/h2-13,15,17,21,27H,14,16H2,1H3,(H,26,28)/t17-,21+/m0/s1. The monoisotopic (exact) mass is 437 g/mol. The van der Waals surface area contributed by atoms with E-state index in [2.05, 4.69) is 33.4 Å². The summed E-state index contributed by atoms with van der Waals surface area (Å²) < 4.78 is 0.874. The fraction of sp³-hybridized carbons (Fsp3) is 0.208. The molecule has 3 rings (SSSR count). The van der Waals surface area contributed by atoms with Crippen molar-refractivity contribution in [1.29, 1.82) is 0 Å².